The van der Waals surface area contributed by atoms with E-state index in [4.69, 9.17) is 21.6 Å². The zero-order valence-corrected chi connectivity index (χ0v) is 15.5. The number of H-pyrrole nitrogens is 1. The van der Waals surface area contributed by atoms with Gasteiger partial charge in [-0.3, -0.25) is 4.72 Å². The van der Waals surface area contributed by atoms with Gasteiger partial charge in [-0.15, -0.1) is 0 Å². The number of nitrogens with zero attached hydrogens (tertiary/aromatic N) is 1. The Morgan fingerprint density at radius 3 is 2.63 bits per heavy atom. The van der Waals surface area contributed by atoms with E-state index in [0.717, 1.165) is 6.07 Å². The maximum atomic E-state index is 14.0. The molecule has 0 amide bonds. The monoisotopic (exact) mass is 405 g/mol. The minimum absolute atomic E-state index is 0.0897. The second kappa shape index (κ2) is 7.31. The van der Waals surface area contributed by atoms with Crippen molar-refractivity contribution >= 4 is 27.3 Å². The van der Waals surface area contributed by atoms with Gasteiger partial charge in [-0.05, 0) is 42.5 Å². The average Bonchev–Trinajstić information content (AvgIpc) is 3.14. The van der Waals surface area contributed by atoms with Crippen LogP contribution in [0.5, 0.6) is 5.75 Å². The van der Waals surface area contributed by atoms with Crippen molar-refractivity contribution in [3.8, 4) is 23.1 Å². The summed E-state index contributed by atoms with van der Waals surface area (Å²) in [5, 5.41) is 9.13. The van der Waals surface area contributed by atoms with Crippen LogP contribution in [0.1, 0.15) is 5.56 Å². The van der Waals surface area contributed by atoms with Crippen LogP contribution in [-0.4, -0.2) is 20.5 Å². The van der Waals surface area contributed by atoms with Gasteiger partial charge in [0.15, 0.2) is 0 Å². The molecule has 0 spiro atoms. The third-order valence-electron chi connectivity index (χ3n) is 3.78. The molecule has 0 saturated carbocycles. The molecule has 0 fully saturated rings. The number of rotatable bonds is 5. The Balaban J connectivity index is 1.90. The Hall–Kier alpha value is -3.02. The number of aromatic nitrogens is 1. The lowest BCUT2D eigenvalue weighted by molar-refractivity contribution is 0.415. The number of hydrogen-bond acceptors (Lipinski definition) is 4. The Bertz CT molecular complexity index is 1150. The number of hydrogen-bond donors (Lipinski definition) is 2. The first-order valence-corrected chi connectivity index (χ1v) is 9.45. The maximum Gasteiger partial charge on any atom is 0.263 e. The van der Waals surface area contributed by atoms with E-state index in [1.165, 1.54) is 31.5 Å². The van der Waals surface area contributed by atoms with Crippen molar-refractivity contribution in [3.05, 3.63) is 65.1 Å². The van der Waals surface area contributed by atoms with Crippen LogP contribution in [0.4, 0.5) is 10.1 Å². The molecule has 0 atom stereocenters. The predicted octanol–water partition coefficient (Wildman–Crippen LogP) is 4.16. The first-order valence-electron chi connectivity index (χ1n) is 7.59. The Morgan fingerprint density at radius 1 is 1.22 bits per heavy atom. The van der Waals surface area contributed by atoms with Crippen molar-refractivity contribution in [1.82, 2.24) is 4.98 Å². The second-order valence-electron chi connectivity index (χ2n) is 5.51. The molecule has 6 nitrogen and oxygen atoms in total. The highest BCUT2D eigenvalue weighted by atomic mass is 35.5. The number of aromatic amines is 1. The molecular formula is C18H13ClFN3O3S. The summed E-state index contributed by atoms with van der Waals surface area (Å²) in [6.07, 6.45) is 1.28. The van der Waals surface area contributed by atoms with Crippen LogP contribution >= 0.6 is 11.6 Å². The van der Waals surface area contributed by atoms with Gasteiger partial charge in [-0.25, -0.2) is 12.8 Å². The van der Waals surface area contributed by atoms with Crippen molar-refractivity contribution in [2.45, 2.75) is 4.90 Å². The molecule has 0 aliphatic heterocycles. The van der Waals surface area contributed by atoms with E-state index in [1.54, 1.807) is 24.3 Å². The zero-order chi connectivity index (χ0) is 19.6. The van der Waals surface area contributed by atoms with Crippen LogP contribution in [0.15, 0.2) is 53.6 Å². The smallest absolute Gasteiger partial charge is 0.263 e. The summed E-state index contributed by atoms with van der Waals surface area (Å²) in [5.41, 5.74) is 0.902. The molecule has 0 aliphatic rings. The van der Waals surface area contributed by atoms with Gasteiger partial charge in [0, 0.05) is 17.5 Å². The number of anilines is 1. The minimum Gasteiger partial charge on any atom is -0.497 e. The second-order valence-corrected chi connectivity index (χ2v) is 7.60. The summed E-state index contributed by atoms with van der Waals surface area (Å²) in [6.45, 7) is 0. The van der Waals surface area contributed by atoms with E-state index in [-0.39, 0.29) is 16.1 Å². The minimum atomic E-state index is -4.04. The van der Waals surface area contributed by atoms with Crippen molar-refractivity contribution in [2.75, 3.05) is 11.8 Å². The Labute approximate surface area is 160 Å². The first kappa shape index (κ1) is 18.8. The van der Waals surface area contributed by atoms with Gasteiger partial charge >= 0.3 is 0 Å². The van der Waals surface area contributed by atoms with E-state index in [2.05, 4.69) is 9.71 Å². The van der Waals surface area contributed by atoms with E-state index in [9.17, 15) is 12.8 Å². The van der Waals surface area contributed by atoms with Gasteiger partial charge < -0.3 is 9.72 Å². The summed E-state index contributed by atoms with van der Waals surface area (Å²) >= 11 is 6.20. The molecule has 9 heteroatoms. The summed E-state index contributed by atoms with van der Waals surface area (Å²) in [5.74, 6) is -0.271. The lowest BCUT2D eigenvalue weighted by Crippen LogP contribution is -2.13. The van der Waals surface area contributed by atoms with Gasteiger partial charge in [0.2, 0.25) is 0 Å². The van der Waals surface area contributed by atoms with E-state index >= 15 is 0 Å². The summed E-state index contributed by atoms with van der Waals surface area (Å²) in [7, 11) is -2.53. The van der Waals surface area contributed by atoms with Crippen LogP contribution in [0.3, 0.4) is 0 Å². The van der Waals surface area contributed by atoms with E-state index in [0.29, 0.717) is 22.0 Å². The van der Waals surface area contributed by atoms with Crippen LogP contribution in [0.2, 0.25) is 5.02 Å². The number of ether oxygens (including phenoxy) is 1. The molecule has 0 bridgehead atoms. The standard InChI is InChI=1S/C18H13ClFN3O3S/c1-26-12-3-4-14(15(19)7-12)18-8-13(10-22-18)27(24,25)23-17-5-2-11(9-21)6-16(17)20/h2-8,10,22-23H,1H3. The van der Waals surface area contributed by atoms with Gasteiger partial charge in [-0.2, -0.15) is 5.26 Å². The molecule has 2 aromatic carbocycles. The summed E-state index contributed by atoms with van der Waals surface area (Å²) < 4.78 is 46.3. The summed E-state index contributed by atoms with van der Waals surface area (Å²) in [6, 6.07) is 11.6. The third-order valence-corrected chi connectivity index (χ3v) is 5.43. The highest BCUT2D eigenvalue weighted by Crippen LogP contribution is 2.32. The van der Waals surface area contributed by atoms with Crippen LogP contribution in [0, 0.1) is 17.1 Å². The highest BCUT2D eigenvalue weighted by Gasteiger charge is 2.19. The van der Waals surface area contributed by atoms with Gasteiger partial charge in [0.25, 0.3) is 10.0 Å². The molecule has 1 aromatic heterocycles. The number of sulfonamides is 1. The van der Waals surface area contributed by atoms with Gasteiger partial charge in [0.1, 0.15) is 16.5 Å². The van der Waals surface area contributed by atoms with Crippen LogP contribution in [-0.2, 0) is 10.0 Å². The molecule has 138 valence electrons. The van der Waals surface area contributed by atoms with E-state index < -0.39 is 15.8 Å². The highest BCUT2D eigenvalue weighted by molar-refractivity contribution is 7.92. The molecule has 3 aromatic rings. The SMILES string of the molecule is COc1ccc(-c2cc(S(=O)(=O)Nc3ccc(C#N)cc3F)c[nH]2)c(Cl)c1. The predicted molar refractivity (Wildman–Crippen MR) is 99.7 cm³/mol. The first-order chi connectivity index (χ1) is 12.8. The molecule has 0 unspecified atom stereocenters. The van der Waals surface area contributed by atoms with E-state index in [1.807, 2.05) is 0 Å². The fraction of sp³-hybridized carbons (Fsp3) is 0.0556. The van der Waals surface area contributed by atoms with Gasteiger partial charge in [0.05, 0.1) is 29.5 Å². The summed E-state index contributed by atoms with van der Waals surface area (Å²) in [4.78, 5) is 2.75. The van der Waals surface area contributed by atoms with Crippen LogP contribution in [0.25, 0.3) is 11.3 Å². The molecule has 2 N–H and O–H groups in total. The number of nitriles is 1. The molecule has 3 rings (SSSR count). The molecule has 0 saturated heterocycles. The fourth-order valence-corrected chi connectivity index (χ4v) is 3.73. The normalized spacial score (nSPS) is 11.0. The Morgan fingerprint density at radius 2 is 2.00 bits per heavy atom. The van der Waals surface area contributed by atoms with Crippen molar-refractivity contribution in [1.29, 1.82) is 5.26 Å². The molecule has 27 heavy (non-hydrogen) atoms. The number of methoxy groups -OCH3 is 1. The number of nitrogens with one attached hydrogen (secondary N) is 2. The fourth-order valence-electron chi connectivity index (χ4n) is 2.40. The van der Waals surface area contributed by atoms with Crippen LogP contribution < -0.4 is 9.46 Å². The third kappa shape index (κ3) is 3.89. The van der Waals surface area contributed by atoms with Crippen molar-refractivity contribution < 1.29 is 17.5 Å². The van der Waals surface area contributed by atoms with Gasteiger partial charge in [-0.1, -0.05) is 11.6 Å². The zero-order valence-electron chi connectivity index (χ0n) is 14.0. The average molecular weight is 406 g/mol. The lowest BCUT2D eigenvalue weighted by atomic mass is 10.1. The molecular weight excluding hydrogens is 393 g/mol. The van der Waals surface area contributed by atoms with Crippen molar-refractivity contribution in [3.63, 3.8) is 0 Å². The Kier molecular flexibility index (Phi) is 5.08. The quantitative estimate of drug-likeness (QED) is 0.666. The number of benzene rings is 2. The lowest BCUT2D eigenvalue weighted by Gasteiger charge is -2.07. The maximum absolute atomic E-state index is 14.0. The molecule has 1 heterocycles. The molecule has 0 aliphatic carbocycles. The topological polar surface area (TPSA) is 95.0 Å². The molecule has 0 radical (unpaired) electrons. The van der Waals surface area contributed by atoms with Crippen molar-refractivity contribution in [2.24, 2.45) is 0 Å². The largest absolute Gasteiger partial charge is 0.497 e. The number of halogens is 2.